The molecule has 1 aromatic heterocycles. The van der Waals surface area contributed by atoms with Crippen molar-refractivity contribution in [2.24, 2.45) is 0 Å². The van der Waals surface area contributed by atoms with Gasteiger partial charge in [-0.25, -0.2) is 0 Å². The molecule has 0 spiro atoms. The topological polar surface area (TPSA) is 86.3 Å². The number of aromatic amines is 1. The summed E-state index contributed by atoms with van der Waals surface area (Å²) in [6.45, 7) is 2.40. The molecule has 0 aliphatic heterocycles. The first kappa shape index (κ1) is 14.2. The average molecular weight is 253 g/mol. The van der Waals surface area contributed by atoms with Gasteiger partial charge in [0.25, 0.3) is 0 Å². The maximum atomic E-state index is 11.8. The maximum Gasteiger partial charge on any atom is 0.303 e. The van der Waals surface area contributed by atoms with E-state index in [1.165, 1.54) is 0 Å². The monoisotopic (exact) mass is 253 g/mol. The summed E-state index contributed by atoms with van der Waals surface area (Å²) in [5, 5.41) is 15.2. The Balaban J connectivity index is 2.27. The lowest BCUT2D eigenvalue weighted by Gasteiger charge is -2.16. The number of aryl methyl sites for hydroxylation is 2. The second-order valence-corrected chi connectivity index (χ2v) is 4.33. The van der Waals surface area contributed by atoms with E-state index in [-0.39, 0.29) is 12.3 Å². The lowest BCUT2D eigenvalue weighted by Crippen LogP contribution is -2.28. The Morgan fingerprint density at radius 3 is 2.72 bits per heavy atom. The summed E-state index contributed by atoms with van der Waals surface area (Å²) < 4.78 is 0. The number of amides is 1. The van der Waals surface area contributed by atoms with Gasteiger partial charge in [0.15, 0.2) is 0 Å². The number of carboxylic acids is 1. The van der Waals surface area contributed by atoms with Crippen LogP contribution >= 0.6 is 0 Å². The molecule has 6 nitrogen and oxygen atoms in total. The molecular weight excluding hydrogens is 234 g/mol. The molecule has 0 aliphatic rings. The Hall–Kier alpha value is -1.85. The van der Waals surface area contributed by atoms with Crippen molar-refractivity contribution in [3.8, 4) is 0 Å². The van der Waals surface area contributed by atoms with Gasteiger partial charge in [-0.15, -0.1) is 0 Å². The normalized spacial score (nSPS) is 10.3. The van der Waals surface area contributed by atoms with E-state index in [1.54, 1.807) is 18.1 Å². The smallest absolute Gasteiger partial charge is 0.303 e. The molecule has 1 heterocycles. The molecule has 1 aromatic rings. The Bertz CT molecular complexity index is 414. The maximum absolute atomic E-state index is 11.8. The van der Waals surface area contributed by atoms with E-state index in [9.17, 15) is 9.59 Å². The van der Waals surface area contributed by atoms with Crippen LogP contribution in [0.15, 0.2) is 6.20 Å². The highest BCUT2D eigenvalue weighted by atomic mass is 16.4. The summed E-state index contributed by atoms with van der Waals surface area (Å²) in [5.74, 6) is -0.800. The van der Waals surface area contributed by atoms with E-state index < -0.39 is 5.97 Å². The van der Waals surface area contributed by atoms with Crippen LogP contribution in [-0.4, -0.2) is 45.7 Å². The van der Waals surface area contributed by atoms with Crippen molar-refractivity contribution >= 4 is 11.9 Å². The van der Waals surface area contributed by atoms with Crippen LogP contribution in [0, 0.1) is 6.92 Å². The van der Waals surface area contributed by atoms with Gasteiger partial charge in [-0.1, -0.05) is 0 Å². The summed E-state index contributed by atoms with van der Waals surface area (Å²) in [6, 6.07) is 0. The van der Waals surface area contributed by atoms with E-state index in [2.05, 4.69) is 10.2 Å². The molecule has 1 rings (SSSR count). The van der Waals surface area contributed by atoms with Gasteiger partial charge in [0, 0.05) is 32.1 Å². The van der Waals surface area contributed by atoms with Gasteiger partial charge in [0.1, 0.15) is 0 Å². The first-order valence-corrected chi connectivity index (χ1v) is 5.95. The number of rotatable bonds is 7. The number of aromatic nitrogens is 2. The molecule has 0 bridgehead atoms. The van der Waals surface area contributed by atoms with E-state index >= 15 is 0 Å². The molecule has 0 aromatic carbocycles. The summed E-state index contributed by atoms with van der Waals surface area (Å²) in [6.07, 6.45) is 3.39. The van der Waals surface area contributed by atoms with Crippen LogP contribution < -0.4 is 0 Å². The van der Waals surface area contributed by atoms with Gasteiger partial charge in [0.05, 0.1) is 6.20 Å². The minimum absolute atomic E-state index is 0.0287. The lowest BCUT2D eigenvalue weighted by molar-refractivity contribution is -0.138. The van der Waals surface area contributed by atoms with Crippen molar-refractivity contribution in [2.45, 2.75) is 32.6 Å². The predicted octanol–water partition coefficient (Wildman–Crippen LogP) is 0.974. The number of carbonyl (C=O) groups is 2. The standard InChI is InChI=1S/C12H19N3O3/c1-9-10(8-13-14-9)5-6-11(16)15(2)7-3-4-12(17)18/h8H,3-7H2,1-2H3,(H,13,14)(H,17,18). The van der Waals surface area contributed by atoms with Crippen LogP contribution in [-0.2, 0) is 16.0 Å². The molecule has 0 saturated heterocycles. The van der Waals surface area contributed by atoms with Gasteiger partial charge in [-0.2, -0.15) is 5.10 Å². The zero-order valence-corrected chi connectivity index (χ0v) is 10.8. The van der Waals surface area contributed by atoms with Crippen molar-refractivity contribution in [1.29, 1.82) is 0 Å². The minimum atomic E-state index is -0.829. The molecule has 18 heavy (non-hydrogen) atoms. The molecule has 100 valence electrons. The van der Waals surface area contributed by atoms with E-state index in [0.717, 1.165) is 11.3 Å². The molecule has 6 heteroatoms. The second kappa shape index (κ2) is 6.78. The van der Waals surface area contributed by atoms with Crippen LogP contribution in [0.1, 0.15) is 30.5 Å². The fraction of sp³-hybridized carbons (Fsp3) is 0.583. The number of H-pyrrole nitrogens is 1. The molecule has 0 aliphatic carbocycles. The van der Waals surface area contributed by atoms with Gasteiger partial charge in [-0.05, 0) is 25.3 Å². The van der Waals surface area contributed by atoms with Crippen molar-refractivity contribution in [2.75, 3.05) is 13.6 Å². The first-order chi connectivity index (χ1) is 8.50. The van der Waals surface area contributed by atoms with Crippen LogP contribution in [0.3, 0.4) is 0 Å². The van der Waals surface area contributed by atoms with E-state index in [4.69, 9.17) is 5.11 Å². The third-order valence-electron chi connectivity index (χ3n) is 2.85. The molecule has 0 unspecified atom stereocenters. The van der Waals surface area contributed by atoms with Crippen LogP contribution in [0.2, 0.25) is 0 Å². The zero-order chi connectivity index (χ0) is 13.5. The van der Waals surface area contributed by atoms with Crippen LogP contribution in [0.5, 0.6) is 0 Å². The van der Waals surface area contributed by atoms with Gasteiger partial charge in [-0.3, -0.25) is 14.7 Å². The highest BCUT2D eigenvalue weighted by molar-refractivity contribution is 5.76. The number of carbonyl (C=O) groups excluding carboxylic acids is 1. The third kappa shape index (κ3) is 4.57. The molecule has 0 saturated carbocycles. The lowest BCUT2D eigenvalue weighted by atomic mass is 10.1. The molecule has 0 radical (unpaired) electrons. The number of hydrogen-bond donors (Lipinski definition) is 2. The highest BCUT2D eigenvalue weighted by Gasteiger charge is 2.10. The molecule has 0 atom stereocenters. The van der Waals surface area contributed by atoms with Crippen molar-refractivity contribution in [3.05, 3.63) is 17.5 Å². The second-order valence-electron chi connectivity index (χ2n) is 4.33. The number of nitrogens with one attached hydrogen (secondary N) is 1. The summed E-state index contributed by atoms with van der Waals surface area (Å²) in [7, 11) is 1.70. The average Bonchev–Trinajstić information content (AvgIpc) is 2.71. The third-order valence-corrected chi connectivity index (χ3v) is 2.85. The highest BCUT2D eigenvalue weighted by Crippen LogP contribution is 2.07. The Morgan fingerprint density at radius 1 is 1.44 bits per heavy atom. The molecule has 2 N–H and O–H groups in total. The van der Waals surface area contributed by atoms with Crippen LogP contribution in [0.25, 0.3) is 0 Å². The molecule has 1 amide bonds. The first-order valence-electron chi connectivity index (χ1n) is 5.95. The van der Waals surface area contributed by atoms with Crippen molar-refractivity contribution in [1.82, 2.24) is 15.1 Å². The molecule has 0 fully saturated rings. The summed E-state index contributed by atoms with van der Waals surface area (Å²) in [4.78, 5) is 23.7. The summed E-state index contributed by atoms with van der Waals surface area (Å²) >= 11 is 0. The Morgan fingerprint density at radius 2 is 2.17 bits per heavy atom. The summed E-state index contributed by atoms with van der Waals surface area (Å²) in [5.41, 5.74) is 2.03. The van der Waals surface area contributed by atoms with Crippen LogP contribution in [0.4, 0.5) is 0 Å². The van der Waals surface area contributed by atoms with Gasteiger partial charge in [0.2, 0.25) is 5.91 Å². The number of hydrogen-bond acceptors (Lipinski definition) is 3. The Kier molecular flexibility index (Phi) is 5.35. The largest absolute Gasteiger partial charge is 0.481 e. The fourth-order valence-electron chi connectivity index (χ4n) is 1.65. The quantitative estimate of drug-likeness (QED) is 0.758. The van der Waals surface area contributed by atoms with Gasteiger partial charge >= 0.3 is 5.97 Å². The zero-order valence-electron chi connectivity index (χ0n) is 10.8. The Labute approximate surface area is 106 Å². The minimum Gasteiger partial charge on any atom is -0.481 e. The number of aliphatic carboxylic acids is 1. The van der Waals surface area contributed by atoms with Gasteiger partial charge < -0.3 is 10.0 Å². The number of carboxylic acid groups (broad SMARTS) is 1. The van der Waals surface area contributed by atoms with Crippen molar-refractivity contribution < 1.29 is 14.7 Å². The SMILES string of the molecule is Cc1[nH]ncc1CCC(=O)N(C)CCCC(=O)O. The number of nitrogens with zero attached hydrogens (tertiary/aromatic N) is 2. The fourth-order valence-corrected chi connectivity index (χ4v) is 1.65. The molecular formula is C12H19N3O3. The predicted molar refractivity (Wildman–Crippen MR) is 66.2 cm³/mol. The van der Waals surface area contributed by atoms with E-state index in [1.807, 2.05) is 6.92 Å². The van der Waals surface area contributed by atoms with E-state index in [0.29, 0.717) is 25.8 Å². The van der Waals surface area contributed by atoms with Crippen molar-refractivity contribution in [3.63, 3.8) is 0 Å².